The first-order valence-electron chi connectivity index (χ1n) is 34.8. The number of hydrogen-bond acceptors (Lipinski definition) is 0. The number of aryl methyl sites for hydroxylation is 4. The first kappa shape index (κ1) is 68.0. The van der Waals surface area contributed by atoms with Crippen LogP contribution in [0, 0.1) is 62.8 Å². The average molecular weight is 1320 g/mol. The summed E-state index contributed by atoms with van der Waals surface area (Å²) in [6, 6.07) is 72.2. The van der Waals surface area contributed by atoms with E-state index in [4.69, 9.17) is 0 Å². The molecule has 0 unspecified atom stereocenters. The molecule has 101 heavy (non-hydrogen) atoms. The first-order chi connectivity index (χ1) is 48.1. The van der Waals surface area contributed by atoms with Crippen molar-refractivity contribution in [2.45, 2.75) is 126 Å². The van der Waals surface area contributed by atoms with Crippen molar-refractivity contribution in [1.29, 1.82) is 0 Å². The molecule has 0 heterocycles. The standard InChI is InChI=1S/C94H82N6Si/c1-57-51-63(49-50-101(14,15)16)52-58(2)84(57)91(100-97)90-77-45-33-61(35-47-81(98-95)87-73-29-21-17-25-69(73)85(70-26-18-22-30-74(70)87)64-37-41-66(42-38-64)92(5,6)7)55-79(77)89(83-59(3)53-68(54-60(83)4)94(11,12)13)80-56-62(34-46-78(80)90)36-48-82(99-96)88-75-31-23-19-27-71(75)86(72-28-20-24-32-76(72)88)65-39-43-67(44-40-65)93(8,9)10/h17-34,37-46,51-56H,1-16H3. The minimum absolute atomic E-state index is 0.00903. The van der Waals surface area contributed by atoms with Crippen molar-refractivity contribution in [2.75, 3.05) is 0 Å². The summed E-state index contributed by atoms with van der Waals surface area (Å²) in [4.78, 5) is 12.4. The number of fused-ring (bicyclic) bond motifs is 6. The lowest BCUT2D eigenvalue weighted by molar-refractivity contribution is -0.00283. The molecule has 0 aliphatic heterocycles. The van der Waals surface area contributed by atoms with E-state index in [9.17, 15) is 16.6 Å². The van der Waals surface area contributed by atoms with Gasteiger partial charge in [0.05, 0.1) is 22.3 Å². The van der Waals surface area contributed by atoms with Gasteiger partial charge in [-0.1, -0.05) is 270 Å². The van der Waals surface area contributed by atoms with Gasteiger partial charge in [0, 0.05) is 28.5 Å². The van der Waals surface area contributed by atoms with Crippen LogP contribution in [0.3, 0.4) is 0 Å². The third kappa shape index (κ3) is 12.9. The second-order valence-electron chi connectivity index (χ2n) is 31.2. The van der Waals surface area contributed by atoms with Crippen molar-refractivity contribution in [2.24, 2.45) is 0 Å². The quantitative estimate of drug-likeness (QED) is 0.0378. The molecule has 13 aromatic carbocycles. The fraction of sp³-hybridized carbons (Fsp3) is 0.202. The van der Waals surface area contributed by atoms with Gasteiger partial charge in [0.25, 0.3) is 0 Å². The van der Waals surface area contributed by atoms with Gasteiger partial charge in [0.2, 0.25) is 0 Å². The molecule has 0 saturated carbocycles. The van der Waals surface area contributed by atoms with Crippen LogP contribution in [0.15, 0.2) is 206 Å². The van der Waals surface area contributed by atoms with Crippen molar-refractivity contribution in [3.8, 4) is 68.5 Å². The lowest BCUT2D eigenvalue weighted by Crippen LogP contribution is -2.16. The van der Waals surface area contributed by atoms with Crippen molar-refractivity contribution < 1.29 is 14.4 Å². The predicted octanol–water partition coefficient (Wildman–Crippen LogP) is 23.2. The van der Waals surface area contributed by atoms with Crippen molar-refractivity contribution in [3.63, 3.8) is 0 Å². The molecular weight excluding hydrogens is 1240 g/mol. The summed E-state index contributed by atoms with van der Waals surface area (Å²) in [5, 5.41) is 11.1. The fourth-order valence-electron chi connectivity index (χ4n) is 14.8. The molecule has 6 nitrogen and oxygen atoms in total. The van der Waals surface area contributed by atoms with E-state index in [1.807, 2.05) is 36.4 Å². The second kappa shape index (κ2) is 26.3. The third-order valence-electron chi connectivity index (χ3n) is 19.7. The van der Waals surface area contributed by atoms with Crippen LogP contribution in [-0.4, -0.2) is 39.6 Å². The van der Waals surface area contributed by atoms with Gasteiger partial charge < -0.3 is 16.6 Å². The Kier molecular flexibility index (Phi) is 17.7. The Morgan fingerprint density at radius 2 is 0.653 bits per heavy atom. The van der Waals surface area contributed by atoms with Crippen LogP contribution in [-0.2, 0) is 16.2 Å². The molecule has 7 heteroatoms. The van der Waals surface area contributed by atoms with Crippen LogP contribution in [0.5, 0.6) is 0 Å². The molecule has 13 aromatic rings. The molecule has 13 rings (SSSR count). The molecule has 0 aliphatic carbocycles. The van der Waals surface area contributed by atoms with E-state index in [0.29, 0.717) is 16.8 Å². The molecule has 0 spiro atoms. The van der Waals surface area contributed by atoms with Crippen LogP contribution < -0.4 is 0 Å². The highest BCUT2D eigenvalue weighted by atomic mass is 28.3. The molecule has 492 valence electrons. The maximum Gasteiger partial charge on any atom is 0.374 e. The lowest BCUT2D eigenvalue weighted by atomic mass is 9.79. The molecular formula is C94H82N6Si. The van der Waals surface area contributed by atoms with Crippen molar-refractivity contribution in [3.05, 3.63) is 301 Å². The summed E-state index contributed by atoms with van der Waals surface area (Å²) in [5.74, 6) is 17.4. The van der Waals surface area contributed by atoms with Gasteiger partial charge in [-0.25, -0.2) is 0 Å². The zero-order chi connectivity index (χ0) is 71.6. The Hall–Kier alpha value is -11.5. The predicted molar refractivity (Wildman–Crippen MR) is 428 cm³/mol. The zero-order valence-electron chi connectivity index (χ0n) is 60.8. The molecule has 0 radical (unpaired) electrons. The highest BCUT2D eigenvalue weighted by Gasteiger charge is 2.31. The summed E-state index contributed by atoms with van der Waals surface area (Å²) in [7, 11) is -1.73. The Balaban J connectivity index is 1.06. The lowest BCUT2D eigenvalue weighted by Gasteiger charge is -2.24. The molecule has 0 saturated heterocycles. The number of rotatable bonds is 7. The topological polar surface area (TPSA) is 109 Å². The van der Waals surface area contributed by atoms with Gasteiger partial charge in [-0.15, -0.1) is 5.54 Å². The Morgan fingerprint density at radius 1 is 0.307 bits per heavy atom. The fourth-order valence-corrected chi connectivity index (χ4v) is 15.3. The van der Waals surface area contributed by atoms with E-state index in [-0.39, 0.29) is 27.7 Å². The molecule has 0 aromatic heterocycles. The largest absolute Gasteiger partial charge is 0.374 e. The van der Waals surface area contributed by atoms with Gasteiger partial charge in [-0.05, 0) is 217 Å². The molecule has 0 amide bonds. The summed E-state index contributed by atoms with van der Waals surface area (Å²) in [5.41, 5.74) is 58.1. The van der Waals surface area contributed by atoms with Crippen LogP contribution in [0.25, 0.3) is 115 Å². The number of nitrogens with zero attached hydrogens (tertiary/aromatic N) is 6. The monoisotopic (exact) mass is 1320 g/mol. The van der Waals surface area contributed by atoms with E-state index in [1.165, 1.54) is 16.7 Å². The van der Waals surface area contributed by atoms with Gasteiger partial charge in [-0.3, -0.25) is 0 Å². The smallest absolute Gasteiger partial charge is 0.361 e. The van der Waals surface area contributed by atoms with Crippen molar-refractivity contribution in [1.82, 2.24) is 0 Å². The Labute approximate surface area is 595 Å². The van der Waals surface area contributed by atoms with E-state index >= 15 is 0 Å². The summed E-state index contributed by atoms with van der Waals surface area (Å²) in [6.45, 7) is 35.3. The van der Waals surface area contributed by atoms with Crippen LogP contribution in [0.1, 0.15) is 140 Å². The Morgan fingerprint density at radius 3 is 0.980 bits per heavy atom. The van der Waals surface area contributed by atoms with Crippen LogP contribution in [0.2, 0.25) is 19.6 Å². The van der Waals surface area contributed by atoms with Crippen LogP contribution in [0.4, 0.5) is 0 Å². The highest BCUT2D eigenvalue weighted by Crippen LogP contribution is 2.47. The highest BCUT2D eigenvalue weighted by molar-refractivity contribution is 6.83. The Bertz CT molecular complexity index is 5600. The minimum Gasteiger partial charge on any atom is -0.361 e. The molecule has 0 bridgehead atoms. The maximum atomic E-state index is 11.8. The van der Waals surface area contributed by atoms with E-state index < -0.39 is 8.07 Å². The normalized spacial score (nSPS) is 11.7. The molecule has 0 fully saturated rings. The third-order valence-corrected chi connectivity index (χ3v) is 20.6. The van der Waals surface area contributed by atoms with Gasteiger partial charge in [0.15, 0.2) is 0 Å². The van der Waals surface area contributed by atoms with Gasteiger partial charge in [-0.2, -0.15) is 14.4 Å². The van der Waals surface area contributed by atoms with E-state index in [1.54, 1.807) is 0 Å². The molecule has 0 aliphatic rings. The van der Waals surface area contributed by atoms with E-state index in [0.717, 1.165) is 148 Å². The molecule has 0 atom stereocenters. The summed E-state index contributed by atoms with van der Waals surface area (Å²) in [6.07, 6.45) is 0. The van der Waals surface area contributed by atoms with E-state index in [2.05, 4.69) is 329 Å². The summed E-state index contributed by atoms with van der Waals surface area (Å²) >= 11 is 0. The second-order valence-corrected chi connectivity index (χ2v) is 35.9. The minimum atomic E-state index is -1.73. The number of hydrogen-bond donors (Lipinski definition) is 0. The SMILES string of the molecule is Cc1cc(C#C[Si](C)(C)C)cc(C)c1C(=[N+]=[N-])c1c2ccc(C#CC(=[N+]=[N-])c3c4ccccc4c(-c4ccc(C(C)(C)C)cc4)c4ccccc34)cc2c(-c2c(C)cc(C(C)(C)C)cc2C)c2cc(C#CC(=[N+]=[N-])c3c4ccccc4c(-c4ccc(C(C)(C)C)cc4)c4ccccc34)ccc12. The van der Waals surface area contributed by atoms with Crippen molar-refractivity contribution >= 4 is 89.8 Å². The van der Waals surface area contributed by atoms with Crippen LogP contribution >= 0.6 is 0 Å². The van der Waals surface area contributed by atoms with Gasteiger partial charge >= 0.3 is 17.1 Å². The maximum absolute atomic E-state index is 11.8. The summed E-state index contributed by atoms with van der Waals surface area (Å²) < 4.78 is 0. The average Bonchev–Trinajstić information content (AvgIpc) is 0.771. The first-order valence-corrected chi connectivity index (χ1v) is 38.3. The van der Waals surface area contributed by atoms with Gasteiger partial charge in [0.1, 0.15) is 8.07 Å². The number of benzene rings is 13. The zero-order valence-corrected chi connectivity index (χ0v) is 61.8. The molecule has 0 N–H and O–H groups in total.